The normalized spacial score (nSPS) is 14.1. The lowest BCUT2D eigenvalue weighted by Gasteiger charge is -2.17. The zero-order valence-electron chi connectivity index (χ0n) is 9.88. The molecule has 0 aliphatic carbocycles. The second-order valence-corrected chi connectivity index (χ2v) is 4.16. The number of nitrogens with two attached hydrogens (primary N) is 1. The predicted octanol–water partition coefficient (Wildman–Crippen LogP) is 1.75. The van der Waals surface area contributed by atoms with Gasteiger partial charge in [0.25, 0.3) is 5.69 Å². The second-order valence-electron chi connectivity index (χ2n) is 4.16. The van der Waals surface area contributed by atoms with Crippen LogP contribution >= 0.6 is 0 Å². The highest BCUT2D eigenvalue weighted by Crippen LogP contribution is 2.25. The van der Waals surface area contributed by atoms with E-state index >= 15 is 0 Å². The fourth-order valence-corrected chi connectivity index (χ4v) is 1.63. The highest BCUT2D eigenvalue weighted by atomic mass is 16.6. The predicted molar refractivity (Wildman–Crippen MR) is 66.9 cm³/mol. The van der Waals surface area contributed by atoms with Crippen LogP contribution in [0.15, 0.2) is 18.2 Å². The van der Waals surface area contributed by atoms with Crippen LogP contribution in [0.4, 0.5) is 17.1 Å². The smallest absolute Gasteiger partial charge is 0.271 e. The number of anilines is 2. The van der Waals surface area contributed by atoms with Gasteiger partial charge < -0.3 is 16.2 Å². The molecule has 0 aromatic heterocycles. The van der Waals surface area contributed by atoms with Crippen LogP contribution in [0.1, 0.15) is 20.3 Å². The number of nitro groups is 1. The third kappa shape index (κ3) is 3.92. The van der Waals surface area contributed by atoms with Gasteiger partial charge in [-0.3, -0.25) is 10.1 Å². The lowest BCUT2D eigenvalue weighted by molar-refractivity contribution is -0.384. The van der Waals surface area contributed by atoms with Crippen molar-refractivity contribution in [1.29, 1.82) is 0 Å². The molecule has 94 valence electrons. The SMILES string of the molecule is CC(O)CC(C)Nc1ccc([N+](=O)[O-])cc1N. The fourth-order valence-electron chi connectivity index (χ4n) is 1.63. The van der Waals surface area contributed by atoms with Crippen molar-refractivity contribution in [1.82, 2.24) is 0 Å². The number of hydrogen-bond donors (Lipinski definition) is 3. The van der Waals surface area contributed by atoms with Gasteiger partial charge >= 0.3 is 0 Å². The van der Waals surface area contributed by atoms with Gasteiger partial charge in [-0.05, 0) is 26.3 Å². The van der Waals surface area contributed by atoms with Gasteiger partial charge in [-0.25, -0.2) is 0 Å². The Labute approximate surface area is 99.6 Å². The van der Waals surface area contributed by atoms with Crippen molar-refractivity contribution in [3.05, 3.63) is 28.3 Å². The minimum Gasteiger partial charge on any atom is -0.397 e. The maximum absolute atomic E-state index is 10.5. The molecule has 0 fully saturated rings. The number of benzene rings is 1. The van der Waals surface area contributed by atoms with Gasteiger partial charge in [-0.1, -0.05) is 0 Å². The summed E-state index contributed by atoms with van der Waals surface area (Å²) in [6.45, 7) is 3.62. The first-order valence-corrected chi connectivity index (χ1v) is 5.38. The van der Waals surface area contributed by atoms with Gasteiger partial charge in [0.05, 0.1) is 22.4 Å². The first-order chi connectivity index (χ1) is 7.90. The number of non-ortho nitro benzene ring substituents is 1. The van der Waals surface area contributed by atoms with Crippen molar-refractivity contribution in [2.75, 3.05) is 11.1 Å². The summed E-state index contributed by atoms with van der Waals surface area (Å²) >= 11 is 0. The van der Waals surface area contributed by atoms with Crippen LogP contribution in [0.2, 0.25) is 0 Å². The van der Waals surface area contributed by atoms with E-state index in [1.54, 1.807) is 13.0 Å². The summed E-state index contributed by atoms with van der Waals surface area (Å²) in [4.78, 5) is 10.0. The molecule has 0 saturated carbocycles. The standard InChI is InChI=1S/C11H17N3O3/c1-7(5-8(2)15)13-11-4-3-9(14(16)17)6-10(11)12/h3-4,6-8,13,15H,5,12H2,1-2H3. The van der Waals surface area contributed by atoms with Gasteiger partial charge in [0.1, 0.15) is 0 Å². The van der Waals surface area contributed by atoms with Gasteiger partial charge in [0, 0.05) is 18.2 Å². The first-order valence-electron chi connectivity index (χ1n) is 5.38. The lowest BCUT2D eigenvalue weighted by Crippen LogP contribution is -2.21. The molecule has 1 aromatic carbocycles. The van der Waals surface area contributed by atoms with Crippen molar-refractivity contribution < 1.29 is 10.0 Å². The van der Waals surface area contributed by atoms with Crippen LogP contribution in [-0.4, -0.2) is 22.2 Å². The molecule has 0 aliphatic rings. The lowest BCUT2D eigenvalue weighted by atomic mass is 10.1. The Bertz CT molecular complexity index is 407. The molecule has 0 amide bonds. The molecule has 0 bridgehead atoms. The third-order valence-corrected chi connectivity index (χ3v) is 2.34. The molecule has 6 nitrogen and oxygen atoms in total. The van der Waals surface area contributed by atoms with Crippen LogP contribution in [0, 0.1) is 10.1 Å². The van der Waals surface area contributed by atoms with Gasteiger partial charge in [0.2, 0.25) is 0 Å². The van der Waals surface area contributed by atoms with E-state index < -0.39 is 11.0 Å². The molecule has 0 heterocycles. The van der Waals surface area contributed by atoms with Gasteiger partial charge in [0.15, 0.2) is 0 Å². The Hall–Kier alpha value is -1.82. The Morgan fingerprint density at radius 1 is 1.53 bits per heavy atom. The van der Waals surface area contributed by atoms with Crippen LogP contribution in [0.3, 0.4) is 0 Å². The average molecular weight is 239 g/mol. The summed E-state index contributed by atoms with van der Waals surface area (Å²) in [6, 6.07) is 4.33. The molecule has 0 aliphatic heterocycles. The fraction of sp³-hybridized carbons (Fsp3) is 0.455. The molecule has 0 radical (unpaired) electrons. The maximum Gasteiger partial charge on any atom is 0.271 e. The molecule has 0 spiro atoms. The molecule has 1 rings (SSSR count). The van der Waals surface area contributed by atoms with Crippen LogP contribution in [-0.2, 0) is 0 Å². The molecule has 6 heteroatoms. The number of aliphatic hydroxyl groups excluding tert-OH is 1. The van der Waals surface area contributed by atoms with E-state index in [4.69, 9.17) is 5.73 Å². The topological polar surface area (TPSA) is 101 Å². The third-order valence-electron chi connectivity index (χ3n) is 2.34. The van der Waals surface area contributed by atoms with E-state index in [0.29, 0.717) is 17.8 Å². The molecular weight excluding hydrogens is 222 g/mol. The molecule has 2 atom stereocenters. The minimum absolute atomic E-state index is 0.0313. The summed E-state index contributed by atoms with van der Waals surface area (Å²) in [5.41, 5.74) is 6.65. The van der Waals surface area contributed by atoms with Gasteiger partial charge in [-0.15, -0.1) is 0 Å². The zero-order valence-corrected chi connectivity index (χ0v) is 9.88. The molecule has 2 unspecified atom stereocenters. The molecule has 0 saturated heterocycles. The van der Waals surface area contributed by atoms with E-state index in [0.717, 1.165) is 0 Å². The summed E-state index contributed by atoms with van der Waals surface area (Å²) in [7, 11) is 0. The number of hydrogen-bond acceptors (Lipinski definition) is 5. The number of nitro benzene ring substituents is 1. The molecule has 1 aromatic rings. The second kappa shape index (κ2) is 5.49. The summed E-state index contributed by atoms with van der Waals surface area (Å²) in [6.07, 6.45) is 0.174. The Morgan fingerprint density at radius 2 is 2.18 bits per heavy atom. The maximum atomic E-state index is 10.5. The highest BCUT2D eigenvalue weighted by Gasteiger charge is 2.11. The summed E-state index contributed by atoms with van der Waals surface area (Å²) in [5, 5.41) is 22.9. The quantitative estimate of drug-likeness (QED) is 0.413. The number of nitrogen functional groups attached to an aromatic ring is 1. The van der Waals surface area contributed by atoms with E-state index in [-0.39, 0.29) is 11.7 Å². The van der Waals surface area contributed by atoms with E-state index in [1.165, 1.54) is 12.1 Å². The number of nitrogens with one attached hydrogen (secondary N) is 1. The molecule has 17 heavy (non-hydrogen) atoms. The highest BCUT2D eigenvalue weighted by molar-refractivity contribution is 5.69. The number of nitrogens with zero attached hydrogens (tertiary/aromatic N) is 1. The molecular formula is C11H17N3O3. The average Bonchev–Trinajstić information content (AvgIpc) is 2.19. The van der Waals surface area contributed by atoms with Crippen LogP contribution < -0.4 is 11.1 Å². The van der Waals surface area contributed by atoms with Crippen LogP contribution in [0.5, 0.6) is 0 Å². The van der Waals surface area contributed by atoms with Crippen molar-refractivity contribution in [2.45, 2.75) is 32.4 Å². The number of aliphatic hydroxyl groups is 1. The van der Waals surface area contributed by atoms with E-state index in [9.17, 15) is 15.2 Å². The first kappa shape index (κ1) is 13.2. The summed E-state index contributed by atoms with van der Waals surface area (Å²) < 4.78 is 0. The van der Waals surface area contributed by atoms with E-state index in [2.05, 4.69) is 5.32 Å². The zero-order chi connectivity index (χ0) is 13.0. The largest absolute Gasteiger partial charge is 0.397 e. The number of rotatable bonds is 5. The Morgan fingerprint density at radius 3 is 2.65 bits per heavy atom. The van der Waals surface area contributed by atoms with Crippen molar-refractivity contribution in [3.8, 4) is 0 Å². The van der Waals surface area contributed by atoms with Gasteiger partial charge in [-0.2, -0.15) is 0 Å². The monoisotopic (exact) mass is 239 g/mol. The van der Waals surface area contributed by atoms with Crippen molar-refractivity contribution in [2.24, 2.45) is 0 Å². The van der Waals surface area contributed by atoms with Crippen LogP contribution in [0.25, 0.3) is 0 Å². The van der Waals surface area contributed by atoms with E-state index in [1.807, 2.05) is 6.92 Å². The Kier molecular flexibility index (Phi) is 4.28. The Balaban J connectivity index is 2.75. The van der Waals surface area contributed by atoms with Crippen molar-refractivity contribution >= 4 is 17.1 Å². The van der Waals surface area contributed by atoms with Crippen molar-refractivity contribution in [3.63, 3.8) is 0 Å². The minimum atomic E-state index is -0.487. The molecule has 4 N–H and O–H groups in total. The summed E-state index contributed by atoms with van der Waals surface area (Å²) in [5.74, 6) is 0.